The largest absolute Gasteiger partial charge is 0.284 e. The summed E-state index contributed by atoms with van der Waals surface area (Å²) in [6, 6.07) is 11.7. The molecule has 8 heteroatoms. The topological polar surface area (TPSA) is 88.7 Å². The van der Waals surface area contributed by atoms with E-state index >= 15 is 0 Å². The van der Waals surface area contributed by atoms with Gasteiger partial charge in [0.25, 0.3) is 5.69 Å². The van der Waals surface area contributed by atoms with E-state index in [2.05, 4.69) is 9.98 Å². The molecule has 3 rings (SSSR count). The lowest BCUT2D eigenvalue weighted by atomic mass is 10.1. The smallest absolute Gasteiger partial charge is 0.269 e. The van der Waals surface area contributed by atoms with Gasteiger partial charge in [-0.25, -0.2) is 0 Å². The van der Waals surface area contributed by atoms with Gasteiger partial charge in [-0.05, 0) is 31.5 Å². The SMILES string of the molecule is CC(C)/N=C1/SC(c2ccc([N+](=O)[O-])cc2)C(=O)N1Cc1ccccn1. The van der Waals surface area contributed by atoms with Crippen molar-refractivity contribution in [2.45, 2.75) is 31.7 Å². The van der Waals surface area contributed by atoms with Crippen LogP contribution in [-0.2, 0) is 11.3 Å². The highest BCUT2D eigenvalue weighted by Crippen LogP contribution is 2.40. The molecule has 1 aromatic carbocycles. The van der Waals surface area contributed by atoms with Gasteiger partial charge < -0.3 is 0 Å². The highest BCUT2D eigenvalue weighted by Gasteiger charge is 2.39. The third kappa shape index (κ3) is 3.91. The molecule has 0 N–H and O–H groups in total. The molecule has 1 aromatic heterocycles. The Labute approximate surface area is 155 Å². The van der Waals surface area contributed by atoms with Gasteiger partial charge in [0.05, 0.1) is 17.2 Å². The van der Waals surface area contributed by atoms with Crippen molar-refractivity contribution in [2.75, 3.05) is 0 Å². The minimum atomic E-state index is -0.461. The number of amides is 1. The first-order valence-corrected chi connectivity index (χ1v) is 9.04. The summed E-state index contributed by atoms with van der Waals surface area (Å²) >= 11 is 1.37. The minimum absolute atomic E-state index is 0.00519. The van der Waals surface area contributed by atoms with Crippen LogP contribution in [0.25, 0.3) is 0 Å². The number of non-ortho nitro benzene ring substituents is 1. The molecule has 2 aromatic rings. The van der Waals surface area contributed by atoms with Gasteiger partial charge in [0.15, 0.2) is 5.17 Å². The maximum atomic E-state index is 13.0. The molecule has 0 bridgehead atoms. The van der Waals surface area contributed by atoms with Crippen molar-refractivity contribution < 1.29 is 9.72 Å². The summed E-state index contributed by atoms with van der Waals surface area (Å²) in [5, 5.41) is 11.0. The Morgan fingerprint density at radius 2 is 2.00 bits per heavy atom. The maximum absolute atomic E-state index is 13.0. The zero-order chi connectivity index (χ0) is 18.7. The quantitative estimate of drug-likeness (QED) is 0.593. The van der Waals surface area contributed by atoms with Crippen molar-refractivity contribution in [3.63, 3.8) is 0 Å². The number of aromatic nitrogens is 1. The zero-order valence-corrected chi connectivity index (χ0v) is 15.2. The molecule has 0 saturated carbocycles. The van der Waals surface area contributed by atoms with Crippen molar-refractivity contribution in [1.29, 1.82) is 0 Å². The summed E-state index contributed by atoms with van der Waals surface area (Å²) in [5.74, 6) is -0.0890. The van der Waals surface area contributed by atoms with E-state index in [0.717, 1.165) is 11.3 Å². The van der Waals surface area contributed by atoms with Crippen LogP contribution in [0, 0.1) is 10.1 Å². The first kappa shape index (κ1) is 18.1. The number of carbonyl (C=O) groups is 1. The van der Waals surface area contributed by atoms with Gasteiger partial charge in [0, 0.05) is 24.4 Å². The van der Waals surface area contributed by atoms with Crippen LogP contribution in [0.3, 0.4) is 0 Å². The van der Waals surface area contributed by atoms with Crippen LogP contribution in [0.4, 0.5) is 5.69 Å². The predicted octanol–water partition coefficient (Wildman–Crippen LogP) is 3.57. The number of nitro benzene ring substituents is 1. The normalized spacial score (nSPS) is 18.7. The van der Waals surface area contributed by atoms with Crippen molar-refractivity contribution in [3.8, 4) is 0 Å². The number of hydrogen-bond donors (Lipinski definition) is 0. The van der Waals surface area contributed by atoms with E-state index in [9.17, 15) is 14.9 Å². The van der Waals surface area contributed by atoms with E-state index in [1.807, 2.05) is 32.0 Å². The van der Waals surface area contributed by atoms with Crippen LogP contribution in [0.5, 0.6) is 0 Å². The van der Waals surface area contributed by atoms with E-state index in [-0.39, 0.29) is 17.6 Å². The second-order valence-corrected chi connectivity index (χ2v) is 7.17. The molecule has 0 aliphatic carbocycles. The molecule has 1 unspecified atom stereocenters. The van der Waals surface area contributed by atoms with E-state index < -0.39 is 10.2 Å². The van der Waals surface area contributed by atoms with E-state index in [1.54, 1.807) is 23.2 Å². The standard InChI is InChI=1S/C18H18N4O3S/c1-12(2)20-18-21(11-14-5-3-4-10-19-14)17(23)16(26-18)13-6-8-15(9-7-13)22(24)25/h3-10,12,16H,11H2,1-2H3/b20-18+. The average Bonchev–Trinajstić information content (AvgIpc) is 2.91. The number of aliphatic imine (C=N–C) groups is 1. The molecule has 0 radical (unpaired) electrons. The van der Waals surface area contributed by atoms with Crippen LogP contribution in [-0.4, -0.2) is 31.9 Å². The number of rotatable bonds is 5. The predicted molar refractivity (Wildman–Crippen MR) is 101 cm³/mol. The third-order valence-electron chi connectivity index (χ3n) is 3.77. The molecular formula is C18H18N4O3S. The van der Waals surface area contributed by atoms with E-state index in [1.165, 1.54) is 23.9 Å². The monoisotopic (exact) mass is 370 g/mol. The first-order valence-electron chi connectivity index (χ1n) is 8.16. The van der Waals surface area contributed by atoms with Gasteiger partial charge in [0.2, 0.25) is 5.91 Å². The highest BCUT2D eigenvalue weighted by molar-refractivity contribution is 8.15. The van der Waals surface area contributed by atoms with Crippen molar-refractivity contribution in [2.24, 2.45) is 4.99 Å². The molecule has 1 fully saturated rings. The second-order valence-electron chi connectivity index (χ2n) is 6.10. The van der Waals surface area contributed by atoms with Crippen LogP contribution in [0.15, 0.2) is 53.7 Å². The fourth-order valence-electron chi connectivity index (χ4n) is 2.56. The Kier molecular flexibility index (Phi) is 5.32. The Bertz CT molecular complexity index is 837. The lowest BCUT2D eigenvalue weighted by Crippen LogP contribution is -2.30. The summed E-state index contributed by atoms with van der Waals surface area (Å²) in [6.07, 6.45) is 1.69. The molecule has 1 aliphatic heterocycles. The van der Waals surface area contributed by atoms with Crippen molar-refractivity contribution >= 4 is 28.5 Å². The number of benzene rings is 1. The number of nitro groups is 1. The van der Waals surface area contributed by atoms with E-state index in [0.29, 0.717) is 11.7 Å². The van der Waals surface area contributed by atoms with Crippen LogP contribution in [0.2, 0.25) is 0 Å². The second kappa shape index (κ2) is 7.65. The molecule has 0 spiro atoms. The van der Waals surface area contributed by atoms with Crippen LogP contribution >= 0.6 is 11.8 Å². The fourth-order valence-corrected chi connectivity index (χ4v) is 3.84. The van der Waals surface area contributed by atoms with Crippen LogP contribution in [0.1, 0.15) is 30.4 Å². The Balaban J connectivity index is 1.89. The Morgan fingerprint density at radius 3 is 2.58 bits per heavy atom. The number of thioether (sulfide) groups is 1. The van der Waals surface area contributed by atoms with Crippen LogP contribution < -0.4 is 0 Å². The van der Waals surface area contributed by atoms with Gasteiger partial charge in [-0.3, -0.25) is 29.8 Å². The summed E-state index contributed by atoms with van der Waals surface area (Å²) in [7, 11) is 0. The molecule has 1 atom stereocenters. The zero-order valence-electron chi connectivity index (χ0n) is 14.4. The molecular weight excluding hydrogens is 352 g/mol. The number of amidine groups is 1. The van der Waals surface area contributed by atoms with Gasteiger partial charge in [-0.15, -0.1) is 0 Å². The Hall–Kier alpha value is -2.74. The number of carbonyl (C=O) groups excluding carboxylic acids is 1. The van der Waals surface area contributed by atoms with Gasteiger partial charge in [0.1, 0.15) is 5.25 Å². The molecule has 134 valence electrons. The van der Waals surface area contributed by atoms with Gasteiger partial charge in [-0.2, -0.15) is 0 Å². The number of nitrogens with zero attached hydrogens (tertiary/aromatic N) is 4. The van der Waals surface area contributed by atoms with Gasteiger partial charge >= 0.3 is 0 Å². The van der Waals surface area contributed by atoms with Crippen molar-refractivity contribution in [3.05, 3.63) is 70.0 Å². The number of pyridine rings is 1. The number of hydrogen-bond acceptors (Lipinski definition) is 6. The average molecular weight is 370 g/mol. The lowest BCUT2D eigenvalue weighted by Gasteiger charge is -2.16. The molecule has 1 aliphatic rings. The lowest BCUT2D eigenvalue weighted by molar-refractivity contribution is -0.384. The Morgan fingerprint density at radius 1 is 1.27 bits per heavy atom. The molecule has 2 heterocycles. The molecule has 1 saturated heterocycles. The fraction of sp³-hybridized carbons (Fsp3) is 0.278. The van der Waals surface area contributed by atoms with Gasteiger partial charge in [-0.1, -0.05) is 30.0 Å². The summed E-state index contributed by atoms with van der Waals surface area (Å²) in [5.41, 5.74) is 1.51. The highest BCUT2D eigenvalue weighted by atomic mass is 32.2. The molecule has 7 nitrogen and oxygen atoms in total. The minimum Gasteiger partial charge on any atom is -0.284 e. The third-order valence-corrected chi connectivity index (χ3v) is 5.01. The maximum Gasteiger partial charge on any atom is 0.269 e. The van der Waals surface area contributed by atoms with E-state index in [4.69, 9.17) is 0 Å². The summed E-state index contributed by atoms with van der Waals surface area (Å²) < 4.78 is 0. The summed E-state index contributed by atoms with van der Waals surface area (Å²) in [6.45, 7) is 4.26. The molecule has 1 amide bonds. The summed E-state index contributed by atoms with van der Waals surface area (Å²) in [4.78, 5) is 33.9. The van der Waals surface area contributed by atoms with Crippen molar-refractivity contribution in [1.82, 2.24) is 9.88 Å². The molecule has 26 heavy (non-hydrogen) atoms. The first-order chi connectivity index (χ1) is 12.5.